The van der Waals surface area contributed by atoms with Crippen LogP contribution in [0.4, 0.5) is 0 Å². The smallest absolute Gasteiger partial charge is 0.0526 e. The first-order valence-electron chi connectivity index (χ1n) is 4.82. The predicted molar refractivity (Wildman–Crippen MR) is 46.9 cm³/mol. The van der Waals surface area contributed by atoms with Crippen LogP contribution in [0.15, 0.2) is 0 Å². The van der Waals surface area contributed by atoms with E-state index in [0.717, 1.165) is 6.61 Å². The van der Waals surface area contributed by atoms with Gasteiger partial charge in [0.25, 0.3) is 0 Å². The second kappa shape index (κ2) is 2.46. The molecule has 3 fully saturated rings. The highest BCUT2D eigenvalue weighted by molar-refractivity contribution is 5.16. The third-order valence-electron chi connectivity index (χ3n) is 3.31. The maximum atomic E-state index is 9.03. The molecule has 3 aliphatic carbocycles. The van der Waals surface area contributed by atoms with Crippen LogP contribution in [-0.4, -0.2) is 24.4 Å². The minimum absolute atomic E-state index is 0.334. The molecule has 70 valence electrons. The van der Waals surface area contributed by atoms with Crippen LogP contribution in [-0.2, 0) is 4.74 Å². The Kier molecular flexibility index (Phi) is 1.74. The van der Waals surface area contributed by atoms with Crippen LogP contribution in [0.3, 0.4) is 0 Å². The number of aliphatic hydroxyl groups is 1. The first-order chi connectivity index (χ1) is 5.60. The second-order valence-corrected chi connectivity index (χ2v) is 5.05. The van der Waals surface area contributed by atoms with Gasteiger partial charge in [0.2, 0.25) is 0 Å². The maximum absolute atomic E-state index is 9.03. The van der Waals surface area contributed by atoms with E-state index in [4.69, 9.17) is 9.84 Å². The quantitative estimate of drug-likeness (QED) is 0.694. The van der Waals surface area contributed by atoms with E-state index in [0.29, 0.717) is 23.5 Å². The van der Waals surface area contributed by atoms with Crippen LogP contribution in [0.2, 0.25) is 0 Å². The van der Waals surface area contributed by atoms with E-state index < -0.39 is 0 Å². The lowest BCUT2D eigenvalue weighted by Gasteiger charge is -2.70. The summed E-state index contributed by atoms with van der Waals surface area (Å²) in [6.45, 7) is 5.45. The number of hydrogen-bond acceptors (Lipinski definition) is 2. The Morgan fingerprint density at radius 1 is 1.25 bits per heavy atom. The van der Waals surface area contributed by atoms with Crippen LogP contribution in [0, 0.1) is 10.8 Å². The lowest BCUT2D eigenvalue weighted by Crippen LogP contribution is -2.65. The first-order valence-corrected chi connectivity index (χ1v) is 4.82. The van der Waals surface area contributed by atoms with Gasteiger partial charge < -0.3 is 9.84 Å². The van der Waals surface area contributed by atoms with Gasteiger partial charge in [0.15, 0.2) is 0 Å². The highest BCUT2D eigenvalue weighted by atomic mass is 16.5. The van der Waals surface area contributed by atoms with E-state index in [1.165, 1.54) is 19.3 Å². The fraction of sp³-hybridized carbons (Fsp3) is 1.00. The molecule has 1 N–H and O–H groups in total. The molecule has 2 heteroatoms. The summed E-state index contributed by atoms with van der Waals surface area (Å²) in [6, 6.07) is 0. The number of hydrogen-bond donors (Lipinski definition) is 1. The van der Waals surface area contributed by atoms with Crippen LogP contribution in [0.5, 0.6) is 0 Å². The van der Waals surface area contributed by atoms with Crippen molar-refractivity contribution < 1.29 is 9.84 Å². The van der Waals surface area contributed by atoms with Crippen molar-refractivity contribution >= 4 is 0 Å². The average Bonchev–Trinajstić information content (AvgIpc) is 1.82. The monoisotopic (exact) mass is 170 g/mol. The van der Waals surface area contributed by atoms with Gasteiger partial charge in [0, 0.05) is 6.61 Å². The van der Waals surface area contributed by atoms with E-state index in [9.17, 15) is 0 Å². The molecule has 3 rings (SSSR count). The van der Waals surface area contributed by atoms with Crippen molar-refractivity contribution in [2.45, 2.75) is 39.2 Å². The molecule has 0 heterocycles. The SMILES string of the molecule is CC(C)OCC12CC(CO)(C1)C2. The molecule has 0 aromatic heterocycles. The van der Waals surface area contributed by atoms with E-state index in [-0.39, 0.29) is 0 Å². The van der Waals surface area contributed by atoms with Gasteiger partial charge in [-0.15, -0.1) is 0 Å². The standard InChI is InChI=1S/C10H18O2/c1-8(2)12-7-10-3-9(4-10,5-10)6-11/h8,11H,3-7H2,1-2H3. The Morgan fingerprint density at radius 3 is 2.25 bits per heavy atom. The van der Waals surface area contributed by atoms with Gasteiger partial charge in [0.05, 0.1) is 12.7 Å². The highest BCUT2D eigenvalue weighted by Crippen LogP contribution is 2.73. The fourth-order valence-corrected chi connectivity index (χ4v) is 2.90. The summed E-state index contributed by atoms with van der Waals surface area (Å²) >= 11 is 0. The largest absolute Gasteiger partial charge is 0.396 e. The van der Waals surface area contributed by atoms with Crippen molar-refractivity contribution in [3.8, 4) is 0 Å². The van der Waals surface area contributed by atoms with Crippen molar-refractivity contribution in [2.24, 2.45) is 10.8 Å². The minimum Gasteiger partial charge on any atom is -0.396 e. The molecule has 3 aliphatic rings. The van der Waals surface area contributed by atoms with E-state index in [2.05, 4.69) is 13.8 Å². The first kappa shape index (κ1) is 8.52. The van der Waals surface area contributed by atoms with E-state index in [1.807, 2.05) is 0 Å². The maximum Gasteiger partial charge on any atom is 0.0526 e. The van der Waals surface area contributed by atoms with Crippen molar-refractivity contribution in [1.29, 1.82) is 0 Å². The zero-order valence-corrected chi connectivity index (χ0v) is 7.97. The minimum atomic E-state index is 0.334. The molecule has 2 bridgehead atoms. The highest BCUT2D eigenvalue weighted by Gasteiger charge is 2.67. The third kappa shape index (κ3) is 1.09. The molecule has 0 radical (unpaired) electrons. The number of ether oxygens (including phenoxy) is 1. The molecule has 0 atom stereocenters. The fourth-order valence-electron chi connectivity index (χ4n) is 2.90. The normalized spacial score (nSPS) is 44.0. The van der Waals surface area contributed by atoms with Crippen LogP contribution in [0.25, 0.3) is 0 Å². The lowest BCUT2D eigenvalue weighted by molar-refractivity contribution is -0.250. The zero-order chi connectivity index (χ0) is 8.82. The molecule has 0 spiro atoms. The summed E-state index contributed by atoms with van der Waals surface area (Å²) in [7, 11) is 0. The second-order valence-electron chi connectivity index (χ2n) is 5.05. The van der Waals surface area contributed by atoms with Crippen LogP contribution >= 0.6 is 0 Å². The molecule has 0 aliphatic heterocycles. The Balaban J connectivity index is 1.74. The van der Waals surface area contributed by atoms with Gasteiger partial charge in [-0.1, -0.05) is 0 Å². The topological polar surface area (TPSA) is 29.5 Å². The lowest BCUT2D eigenvalue weighted by atomic mass is 9.36. The third-order valence-corrected chi connectivity index (χ3v) is 3.31. The molecule has 3 saturated carbocycles. The van der Waals surface area contributed by atoms with Gasteiger partial charge >= 0.3 is 0 Å². The molecular formula is C10H18O2. The molecule has 0 aromatic rings. The summed E-state index contributed by atoms with van der Waals surface area (Å²) < 4.78 is 5.59. The summed E-state index contributed by atoms with van der Waals surface area (Å²) in [5, 5.41) is 9.03. The molecule has 12 heavy (non-hydrogen) atoms. The van der Waals surface area contributed by atoms with Gasteiger partial charge in [-0.3, -0.25) is 0 Å². The molecule has 0 amide bonds. The average molecular weight is 170 g/mol. The van der Waals surface area contributed by atoms with E-state index in [1.54, 1.807) is 0 Å². The van der Waals surface area contributed by atoms with Gasteiger partial charge in [-0.05, 0) is 43.9 Å². The Bertz CT molecular complexity index is 167. The van der Waals surface area contributed by atoms with Crippen LogP contribution in [0.1, 0.15) is 33.1 Å². The van der Waals surface area contributed by atoms with Crippen molar-refractivity contribution in [2.75, 3.05) is 13.2 Å². The number of aliphatic hydroxyl groups excluding tert-OH is 1. The molecular weight excluding hydrogens is 152 g/mol. The zero-order valence-electron chi connectivity index (χ0n) is 7.97. The molecule has 0 saturated heterocycles. The summed E-state index contributed by atoms with van der Waals surface area (Å²) in [5.41, 5.74) is 0.813. The van der Waals surface area contributed by atoms with Crippen molar-refractivity contribution in [3.05, 3.63) is 0 Å². The Labute approximate surface area is 73.9 Å². The van der Waals surface area contributed by atoms with Crippen LogP contribution < -0.4 is 0 Å². The summed E-state index contributed by atoms with van der Waals surface area (Å²) in [5.74, 6) is 0. The molecule has 0 unspecified atom stereocenters. The van der Waals surface area contributed by atoms with Gasteiger partial charge in [0.1, 0.15) is 0 Å². The van der Waals surface area contributed by atoms with Gasteiger partial charge in [-0.25, -0.2) is 0 Å². The Hall–Kier alpha value is -0.0800. The van der Waals surface area contributed by atoms with Crippen molar-refractivity contribution in [1.82, 2.24) is 0 Å². The summed E-state index contributed by atoms with van der Waals surface area (Å²) in [4.78, 5) is 0. The van der Waals surface area contributed by atoms with Crippen molar-refractivity contribution in [3.63, 3.8) is 0 Å². The van der Waals surface area contributed by atoms with Gasteiger partial charge in [-0.2, -0.15) is 0 Å². The summed E-state index contributed by atoms with van der Waals surface area (Å²) in [6.07, 6.45) is 3.94. The van der Waals surface area contributed by atoms with E-state index >= 15 is 0 Å². The Morgan fingerprint density at radius 2 is 1.83 bits per heavy atom. The number of rotatable bonds is 4. The predicted octanol–water partition coefficient (Wildman–Crippen LogP) is 1.57. The molecule has 0 aromatic carbocycles. The molecule has 2 nitrogen and oxygen atoms in total.